The van der Waals surface area contributed by atoms with Gasteiger partial charge in [0.15, 0.2) is 0 Å². The summed E-state index contributed by atoms with van der Waals surface area (Å²) >= 11 is 1.66. The van der Waals surface area contributed by atoms with Gasteiger partial charge in [-0.3, -0.25) is 9.69 Å². The van der Waals surface area contributed by atoms with Gasteiger partial charge in [-0.05, 0) is 19.4 Å². The molecule has 1 atom stereocenters. The molecule has 16 heavy (non-hydrogen) atoms. The Morgan fingerprint density at radius 1 is 1.75 bits per heavy atom. The molecule has 1 aromatic rings. The third-order valence-corrected chi connectivity index (χ3v) is 3.65. The van der Waals surface area contributed by atoms with Crippen LogP contribution in [0, 0.1) is 5.92 Å². The first kappa shape index (κ1) is 11.5. The van der Waals surface area contributed by atoms with Gasteiger partial charge in [0.25, 0.3) is 0 Å². The first-order valence-electron chi connectivity index (χ1n) is 5.48. The molecule has 0 amide bonds. The van der Waals surface area contributed by atoms with Crippen molar-refractivity contribution in [1.29, 1.82) is 0 Å². The Balaban J connectivity index is 1.89. The lowest BCUT2D eigenvalue weighted by atomic mass is 9.98. The second-order valence-electron chi connectivity index (χ2n) is 4.02. The topological polar surface area (TPSA) is 42.4 Å². The number of esters is 1. The first-order valence-corrected chi connectivity index (χ1v) is 6.36. The van der Waals surface area contributed by atoms with Gasteiger partial charge in [0, 0.05) is 18.1 Å². The Morgan fingerprint density at radius 3 is 3.31 bits per heavy atom. The van der Waals surface area contributed by atoms with Crippen LogP contribution in [0.5, 0.6) is 0 Å². The molecule has 5 heteroatoms. The number of thiazole rings is 1. The Morgan fingerprint density at radius 2 is 2.62 bits per heavy atom. The second kappa shape index (κ2) is 5.41. The highest BCUT2D eigenvalue weighted by atomic mass is 32.1. The SMILES string of the molecule is COC(=O)[C@H]1CCCN(Cc2nccs2)C1. The van der Waals surface area contributed by atoms with Crippen LogP contribution in [0.1, 0.15) is 17.8 Å². The molecule has 1 saturated heterocycles. The predicted octanol–water partition coefficient (Wildman–Crippen LogP) is 1.53. The number of hydrogen-bond acceptors (Lipinski definition) is 5. The van der Waals surface area contributed by atoms with Gasteiger partial charge in [0.05, 0.1) is 19.6 Å². The fourth-order valence-electron chi connectivity index (χ4n) is 2.08. The molecule has 0 aromatic carbocycles. The van der Waals surface area contributed by atoms with Crippen molar-refractivity contribution in [3.8, 4) is 0 Å². The van der Waals surface area contributed by atoms with Crippen LogP contribution in [0.15, 0.2) is 11.6 Å². The summed E-state index contributed by atoms with van der Waals surface area (Å²) in [6, 6.07) is 0. The van der Waals surface area contributed by atoms with E-state index in [2.05, 4.69) is 9.88 Å². The van der Waals surface area contributed by atoms with E-state index in [1.807, 2.05) is 11.6 Å². The smallest absolute Gasteiger partial charge is 0.309 e. The van der Waals surface area contributed by atoms with Crippen LogP contribution in [-0.2, 0) is 16.1 Å². The molecule has 0 N–H and O–H groups in total. The van der Waals surface area contributed by atoms with Crippen LogP contribution in [0.3, 0.4) is 0 Å². The standard InChI is InChI=1S/C11H16N2O2S/c1-15-11(14)9-3-2-5-13(7-9)8-10-12-4-6-16-10/h4,6,9H,2-3,5,7-8H2,1H3/t9-/m0/s1. The molecule has 0 radical (unpaired) electrons. The molecular formula is C11H16N2O2S. The van der Waals surface area contributed by atoms with E-state index >= 15 is 0 Å². The average Bonchev–Trinajstić information content (AvgIpc) is 2.81. The Kier molecular flexibility index (Phi) is 3.90. The minimum Gasteiger partial charge on any atom is -0.469 e. The molecule has 1 fully saturated rings. The van der Waals surface area contributed by atoms with E-state index in [1.165, 1.54) is 7.11 Å². The number of carbonyl (C=O) groups is 1. The van der Waals surface area contributed by atoms with Gasteiger partial charge in [0.2, 0.25) is 0 Å². The largest absolute Gasteiger partial charge is 0.469 e. The summed E-state index contributed by atoms with van der Waals surface area (Å²) in [5.74, 6) is -0.0393. The van der Waals surface area contributed by atoms with Gasteiger partial charge in [-0.1, -0.05) is 0 Å². The summed E-state index contributed by atoms with van der Waals surface area (Å²) in [4.78, 5) is 18.0. The van der Waals surface area contributed by atoms with Gasteiger partial charge in [-0.2, -0.15) is 0 Å². The second-order valence-corrected chi connectivity index (χ2v) is 5.00. The molecular weight excluding hydrogens is 224 g/mol. The molecule has 2 rings (SSSR count). The average molecular weight is 240 g/mol. The lowest BCUT2D eigenvalue weighted by molar-refractivity contribution is -0.147. The Hall–Kier alpha value is -0.940. The number of aromatic nitrogens is 1. The lowest BCUT2D eigenvalue weighted by Gasteiger charge is -2.30. The zero-order chi connectivity index (χ0) is 11.4. The molecule has 0 spiro atoms. The summed E-state index contributed by atoms with van der Waals surface area (Å²) in [6.07, 6.45) is 3.83. The fourth-order valence-corrected chi connectivity index (χ4v) is 2.74. The zero-order valence-corrected chi connectivity index (χ0v) is 10.2. The van der Waals surface area contributed by atoms with Crippen molar-refractivity contribution in [2.75, 3.05) is 20.2 Å². The van der Waals surface area contributed by atoms with Crippen LogP contribution in [0.25, 0.3) is 0 Å². The zero-order valence-electron chi connectivity index (χ0n) is 9.39. The lowest BCUT2D eigenvalue weighted by Crippen LogP contribution is -2.38. The van der Waals surface area contributed by atoms with Gasteiger partial charge in [-0.15, -0.1) is 11.3 Å². The predicted molar refractivity (Wildman–Crippen MR) is 62.1 cm³/mol. The fraction of sp³-hybridized carbons (Fsp3) is 0.636. The molecule has 1 aliphatic heterocycles. The third-order valence-electron chi connectivity index (χ3n) is 2.88. The maximum Gasteiger partial charge on any atom is 0.309 e. The van der Waals surface area contributed by atoms with E-state index in [4.69, 9.17) is 4.74 Å². The normalized spacial score (nSPS) is 21.9. The van der Waals surface area contributed by atoms with Crippen molar-refractivity contribution in [2.45, 2.75) is 19.4 Å². The number of piperidine rings is 1. The molecule has 88 valence electrons. The molecule has 0 unspecified atom stereocenters. The molecule has 4 nitrogen and oxygen atoms in total. The summed E-state index contributed by atoms with van der Waals surface area (Å²) < 4.78 is 4.79. The van der Waals surface area contributed by atoms with Crippen molar-refractivity contribution < 1.29 is 9.53 Å². The summed E-state index contributed by atoms with van der Waals surface area (Å²) in [5, 5.41) is 3.10. The van der Waals surface area contributed by atoms with Crippen molar-refractivity contribution in [2.24, 2.45) is 5.92 Å². The van der Waals surface area contributed by atoms with E-state index in [-0.39, 0.29) is 11.9 Å². The maximum atomic E-state index is 11.5. The van der Waals surface area contributed by atoms with Crippen molar-refractivity contribution in [1.82, 2.24) is 9.88 Å². The Labute approximate surface area is 99.2 Å². The number of methoxy groups -OCH3 is 1. The monoisotopic (exact) mass is 240 g/mol. The highest BCUT2D eigenvalue weighted by molar-refractivity contribution is 7.09. The van der Waals surface area contributed by atoms with Crippen molar-refractivity contribution in [3.05, 3.63) is 16.6 Å². The number of ether oxygens (including phenoxy) is 1. The molecule has 2 heterocycles. The van der Waals surface area contributed by atoms with Crippen LogP contribution < -0.4 is 0 Å². The minimum atomic E-state index is -0.0798. The van der Waals surface area contributed by atoms with Crippen LogP contribution in [0.2, 0.25) is 0 Å². The van der Waals surface area contributed by atoms with E-state index in [9.17, 15) is 4.79 Å². The van der Waals surface area contributed by atoms with E-state index in [1.54, 1.807) is 11.3 Å². The number of rotatable bonds is 3. The molecule has 0 aliphatic carbocycles. The van der Waals surface area contributed by atoms with Gasteiger partial charge in [0.1, 0.15) is 5.01 Å². The molecule has 1 aliphatic rings. The summed E-state index contributed by atoms with van der Waals surface area (Å²) in [5.41, 5.74) is 0. The number of nitrogens with zero attached hydrogens (tertiary/aromatic N) is 2. The van der Waals surface area contributed by atoms with Gasteiger partial charge >= 0.3 is 5.97 Å². The summed E-state index contributed by atoms with van der Waals surface area (Å²) in [7, 11) is 1.46. The highest BCUT2D eigenvalue weighted by Crippen LogP contribution is 2.20. The quantitative estimate of drug-likeness (QED) is 0.751. The van der Waals surface area contributed by atoms with Gasteiger partial charge < -0.3 is 4.74 Å². The van der Waals surface area contributed by atoms with Crippen LogP contribution in [-0.4, -0.2) is 36.1 Å². The Bertz CT molecular complexity index is 340. The number of hydrogen-bond donors (Lipinski definition) is 0. The molecule has 0 bridgehead atoms. The van der Waals surface area contributed by atoms with Crippen molar-refractivity contribution >= 4 is 17.3 Å². The molecule has 0 saturated carbocycles. The number of likely N-dealkylation sites (tertiary alicyclic amines) is 1. The van der Waals surface area contributed by atoms with Crippen LogP contribution >= 0.6 is 11.3 Å². The van der Waals surface area contributed by atoms with E-state index in [0.29, 0.717) is 0 Å². The van der Waals surface area contributed by atoms with Crippen LogP contribution in [0.4, 0.5) is 0 Å². The third kappa shape index (κ3) is 2.80. The van der Waals surface area contributed by atoms with Crippen molar-refractivity contribution in [3.63, 3.8) is 0 Å². The van der Waals surface area contributed by atoms with Gasteiger partial charge in [-0.25, -0.2) is 4.98 Å². The van der Waals surface area contributed by atoms with E-state index < -0.39 is 0 Å². The molecule has 1 aromatic heterocycles. The minimum absolute atomic E-state index is 0.0405. The van der Waals surface area contributed by atoms with E-state index in [0.717, 1.165) is 37.5 Å². The highest BCUT2D eigenvalue weighted by Gasteiger charge is 2.26. The maximum absolute atomic E-state index is 11.5. The number of carbonyl (C=O) groups excluding carboxylic acids is 1. The summed E-state index contributed by atoms with van der Waals surface area (Å²) in [6.45, 7) is 2.70. The first-order chi connectivity index (χ1) is 7.79.